The molecule has 2 N–H and O–H groups in total. The highest BCUT2D eigenvalue weighted by Crippen LogP contribution is 2.27. The summed E-state index contributed by atoms with van der Waals surface area (Å²) in [6, 6.07) is 0. The van der Waals surface area contributed by atoms with Crippen molar-refractivity contribution in [2.24, 2.45) is 5.92 Å². The molecular formula is C17H27N5. The van der Waals surface area contributed by atoms with Crippen molar-refractivity contribution in [1.29, 1.82) is 0 Å². The molecule has 2 aromatic rings. The van der Waals surface area contributed by atoms with E-state index in [4.69, 9.17) is 10.8 Å². The van der Waals surface area contributed by atoms with E-state index in [0.717, 1.165) is 31.0 Å². The second-order valence-electron chi connectivity index (χ2n) is 6.56. The number of unbranched alkanes of at least 4 members (excludes halogenated alkanes) is 2. The highest BCUT2D eigenvalue weighted by molar-refractivity contribution is 5.59. The van der Waals surface area contributed by atoms with Crippen LogP contribution in [0.2, 0.25) is 0 Å². The zero-order valence-electron chi connectivity index (χ0n) is 13.6. The summed E-state index contributed by atoms with van der Waals surface area (Å²) in [7, 11) is 0. The van der Waals surface area contributed by atoms with Crippen LogP contribution in [0.25, 0.3) is 5.65 Å². The van der Waals surface area contributed by atoms with Gasteiger partial charge in [-0.3, -0.25) is 0 Å². The van der Waals surface area contributed by atoms with Crippen LogP contribution in [0.1, 0.15) is 69.8 Å². The third kappa shape index (κ3) is 3.39. The van der Waals surface area contributed by atoms with Crippen LogP contribution in [0.3, 0.4) is 0 Å². The second-order valence-corrected chi connectivity index (χ2v) is 6.56. The summed E-state index contributed by atoms with van der Waals surface area (Å²) >= 11 is 0. The van der Waals surface area contributed by atoms with Gasteiger partial charge in [-0.15, -0.1) is 0 Å². The second kappa shape index (κ2) is 7.07. The minimum absolute atomic E-state index is 0.511. The largest absolute Gasteiger partial charge is 0.380 e. The molecule has 0 saturated heterocycles. The molecule has 0 radical (unpaired) electrons. The number of aromatic nitrogens is 4. The minimum atomic E-state index is 0.511. The maximum atomic E-state index is 6.07. The first-order chi connectivity index (χ1) is 10.8. The third-order valence-electron chi connectivity index (χ3n) is 4.73. The van der Waals surface area contributed by atoms with Gasteiger partial charge in [0.05, 0.1) is 11.9 Å². The molecule has 0 spiro atoms. The molecule has 3 rings (SSSR count). The van der Waals surface area contributed by atoms with Crippen LogP contribution < -0.4 is 5.73 Å². The van der Waals surface area contributed by atoms with Crippen molar-refractivity contribution in [2.75, 3.05) is 5.73 Å². The standard InChI is InChI=1S/C17H27N5/c1-2-3-5-10-15-20-16(18)17-19-12-14(22(17)21-15)11-13-8-6-4-7-9-13/h12-13H,2-11H2,1H3,(H2,18,20,21). The van der Waals surface area contributed by atoms with Gasteiger partial charge in [0.2, 0.25) is 0 Å². The van der Waals surface area contributed by atoms with Gasteiger partial charge in [0, 0.05) is 6.42 Å². The van der Waals surface area contributed by atoms with E-state index in [-0.39, 0.29) is 0 Å². The van der Waals surface area contributed by atoms with E-state index in [0.29, 0.717) is 11.5 Å². The van der Waals surface area contributed by atoms with Crippen LogP contribution in [-0.2, 0) is 12.8 Å². The van der Waals surface area contributed by atoms with Crippen LogP contribution in [0.15, 0.2) is 6.20 Å². The van der Waals surface area contributed by atoms with Crippen molar-refractivity contribution in [1.82, 2.24) is 19.6 Å². The van der Waals surface area contributed by atoms with E-state index < -0.39 is 0 Å². The van der Waals surface area contributed by atoms with Crippen molar-refractivity contribution in [2.45, 2.75) is 71.1 Å². The van der Waals surface area contributed by atoms with Crippen molar-refractivity contribution >= 4 is 11.5 Å². The summed E-state index contributed by atoms with van der Waals surface area (Å²) in [4.78, 5) is 8.85. The average Bonchev–Trinajstić information content (AvgIpc) is 2.92. The Morgan fingerprint density at radius 1 is 1.23 bits per heavy atom. The van der Waals surface area contributed by atoms with Crippen LogP contribution >= 0.6 is 0 Å². The average molecular weight is 301 g/mol. The minimum Gasteiger partial charge on any atom is -0.380 e. The molecule has 1 aliphatic carbocycles. The lowest BCUT2D eigenvalue weighted by Gasteiger charge is -2.20. The Morgan fingerprint density at radius 2 is 2.05 bits per heavy atom. The van der Waals surface area contributed by atoms with E-state index in [1.165, 1.54) is 50.6 Å². The molecule has 0 aliphatic heterocycles. The van der Waals surface area contributed by atoms with Gasteiger partial charge < -0.3 is 5.73 Å². The van der Waals surface area contributed by atoms with Crippen LogP contribution in [0.5, 0.6) is 0 Å². The van der Waals surface area contributed by atoms with E-state index in [2.05, 4.69) is 16.9 Å². The zero-order valence-corrected chi connectivity index (χ0v) is 13.6. The van der Waals surface area contributed by atoms with Crippen molar-refractivity contribution < 1.29 is 0 Å². The molecular weight excluding hydrogens is 274 g/mol. The van der Waals surface area contributed by atoms with Crippen molar-refractivity contribution in [3.05, 3.63) is 17.7 Å². The maximum absolute atomic E-state index is 6.07. The topological polar surface area (TPSA) is 69.1 Å². The number of hydrogen-bond donors (Lipinski definition) is 1. The summed E-state index contributed by atoms with van der Waals surface area (Å²) in [6.45, 7) is 2.20. The highest BCUT2D eigenvalue weighted by Gasteiger charge is 2.18. The Bertz CT molecular complexity index is 613. The predicted molar refractivity (Wildman–Crippen MR) is 88.7 cm³/mol. The van der Waals surface area contributed by atoms with E-state index in [9.17, 15) is 0 Å². The molecule has 1 fully saturated rings. The maximum Gasteiger partial charge on any atom is 0.196 e. The lowest BCUT2D eigenvalue weighted by Crippen LogP contribution is -2.13. The van der Waals surface area contributed by atoms with E-state index in [1.54, 1.807) is 0 Å². The number of nitrogens with zero attached hydrogens (tertiary/aromatic N) is 4. The molecule has 1 saturated carbocycles. The number of rotatable bonds is 6. The first-order valence-electron chi connectivity index (χ1n) is 8.77. The molecule has 1 aliphatic rings. The van der Waals surface area contributed by atoms with Gasteiger partial charge in [0.1, 0.15) is 0 Å². The Labute approximate surface area is 132 Å². The molecule has 5 heteroatoms. The van der Waals surface area contributed by atoms with E-state index in [1.807, 2.05) is 10.7 Å². The van der Waals surface area contributed by atoms with Gasteiger partial charge in [-0.25, -0.2) is 14.5 Å². The number of aryl methyl sites for hydroxylation is 1. The van der Waals surface area contributed by atoms with Crippen molar-refractivity contribution in [3.8, 4) is 0 Å². The first-order valence-corrected chi connectivity index (χ1v) is 8.77. The SMILES string of the molecule is CCCCCc1nc(N)c2ncc(CC3CCCCC3)n2n1. The lowest BCUT2D eigenvalue weighted by molar-refractivity contribution is 0.352. The Balaban J connectivity index is 1.80. The molecule has 0 unspecified atom stereocenters. The number of fused-ring (bicyclic) bond motifs is 1. The van der Waals surface area contributed by atoms with Crippen LogP contribution in [0.4, 0.5) is 5.82 Å². The normalized spacial score (nSPS) is 16.4. The first kappa shape index (κ1) is 15.3. The van der Waals surface area contributed by atoms with Gasteiger partial charge in [0.15, 0.2) is 17.3 Å². The van der Waals surface area contributed by atoms with Gasteiger partial charge in [0.25, 0.3) is 0 Å². The van der Waals surface area contributed by atoms with Gasteiger partial charge in [-0.2, -0.15) is 5.10 Å². The summed E-state index contributed by atoms with van der Waals surface area (Å²) in [5, 5.41) is 4.70. The zero-order chi connectivity index (χ0) is 15.4. The Morgan fingerprint density at radius 3 is 2.82 bits per heavy atom. The molecule has 5 nitrogen and oxygen atoms in total. The Kier molecular flexibility index (Phi) is 4.90. The third-order valence-corrected chi connectivity index (χ3v) is 4.73. The summed E-state index contributed by atoms with van der Waals surface area (Å²) in [5.41, 5.74) is 7.97. The summed E-state index contributed by atoms with van der Waals surface area (Å²) in [6.07, 6.45) is 14.2. The fraction of sp³-hybridized carbons (Fsp3) is 0.706. The molecule has 2 heterocycles. The molecule has 2 aromatic heterocycles. The number of hydrogen-bond acceptors (Lipinski definition) is 4. The number of nitrogen functional groups attached to an aromatic ring is 1. The molecule has 120 valence electrons. The van der Waals surface area contributed by atoms with E-state index >= 15 is 0 Å². The van der Waals surface area contributed by atoms with Crippen LogP contribution in [-0.4, -0.2) is 19.6 Å². The fourth-order valence-corrected chi connectivity index (χ4v) is 3.46. The molecule has 22 heavy (non-hydrogen) atoms. The quantitative estimate of drug-likeness (QED) is 0.828. The molecule has 0 aromatic carbocycles. The molecule has 0 bridgehead atoms. The Hall–Kier alpha value is -1.65. The van der Waals surface area contributed by atoms with Gasteiger partial charge >= 0.3 is 0 Å². The van der Waals surface area contributed by atoms with Gasteiger partial charge in [-0.05, 0) is 18.8 Å². The highest BCUT2D eigenvalue weighted by atomic mass is 15.3. The summed E-state index contributed by atoms with van der Waals surface area (Å²) < 4.78 is 1.94. The molecule has 0 amide bonds. The fourth-order valence-electron chi connectivity index (χ4n) is 3.46. The van der Waals surface area contributed by atoms with Crippen molar-refractivity contribution in [3.63, 3.8) is 0 Å². The molecule has 0 atom stereocenters. The number of nitrogens with two attached hydrogens (primary N) is 1. The lowest BCUT2D eigenvalue weighted by atomic mass is 9.86. The van der Waals surface area contributed by atoms with Gasteiger partial charge in [-0.1, -0.05) is 51.9 Å². The van der Waals surface area contributed by atoms with Crippen LogP contribution in [0, 0.1) is 5.92 Å². The predicted octanol–water partition coefficient (Wildman–Crippen LogP) is 3.56. The monoisotopic (exact) mass is 301 g/mol. The smallest absolute Gasteiger partial charge is 0.196 e. The number of anilines is 1. The summed E-state index contributed by atoms with van der Waals surface area (Å²) in [5.74, 6) is 2.13. The number of imidazole rings is 1.